The lowest BCUT2D eigenvalue weighted by Crippen LogP contribution is -2.22. The SMILES string of the molecule is CCCNc1ccc(Cl)c(CN2CCC(COC)C2)n1. The van der Waals surface area contributed by atoms with Gasteiger partial charge in [0.1, 0.15) is 5.82 Å². The Balaban J connectivity index is 1.94. The average Bonchev–Trinajstić information content (AvgIpc) is 2.87. The van der Waals surface area contributed by atoms with Crippen molar-refractivity contribution in [3.8, 4) is 0 Å². The summed E-state index contributed by atoms with van der Waals surface area (Å²) in [4.78, 5) is 7.03. The minimum absolute atomic E-state index is 0.639. The molecule has 1 aliphatic rings. The fraction of sp³-hybridized carbons (Fsp3) is 0.667. The van der Waals surface area contributed by atoms with Crippen LogP contribution in [-0.2, 0) is 11.3 Å². The topological polar surface area (TPSA) is 37.4 Å². The van der Waals surface area contributed by atoms with E-state index in [4.69, 9.17) is 16.3 Å². The summed E-state index contributed by atoms with van der Waals surface area (Å²) in [6, 6.07) is 3.88. The van der Waals surface area contributed by atoms with Crippen LogP contribution in [0.1, 0.15) is 25.5 Å². The number of hydrogen-bond acceptors (Lipinski definition) is 4. The Morgan fingerprint density at radius 2 is 2.35 bits per heavy atom. The number of anilines is 1. The molecule has 1 unspecified atom stereocenters. The van der Waals surface area contributed by atoms with Crippen molar-refractivity contribution in [2.75, 3.05) is 38.7 Å². The molecule has 2 rings (SSSR count). The van der Waals surface area contributed by atoms with Crippen LogP contribution < -0.4 is 5.32 Å². The van der Waals surface area contributed by atoms with Gasteiger partial charge in [0.25, 0.3) is 0 Å². The Kier molecular flexibility index (Phi) is 6.07. The molecule has 5 heteroatoms. The van der Waals surface area contributed by atoms with E-state index in [9.17, 15) is 0 Å². The molecule has 4 nitrogen and oxygen atoms in total. The maximum atomic E-state index is 6.26. The molecule has 0 aromatic carbocycles. The lowest BCUT2D eigenvalue weighted by atomic mass is 10.1. The molecule has 0 aliphatic carbocycles. The van der Waals surface area contributed by atoms with Gasteiger partial charge in [0.15, 0.2) is 0 Å². The molecule has 0 radical (unpaired) electrons. The highest BCUT2D eigenvalue weighted by Gasteiger charge is 2.23. The van der Waals surface area contributed by atoms with Crippen LogP contribution in [0, 0.1) is 5.92 Å². The Bertz CT molecular complexity index is 428. The van der Waals surface area contributed by atoms with Crippen LogP contribution in [0.5, 0.6) is 0 Å². The van der Waals surface area contributed by atoms with Gasteiger partial charge in [0, 0.05) is 26.7 Å². The standard InChI is InChI=1S/C15H24ClN3O/c1-3-7-17-15-5-4-13(16)14(18-15)10-19-8-6-12(9-19)11-20-2/h4-5,12H,3,6-11H2,1-2H3,(H,17,18). The number of rotatable bonds is 7. The van der Waals surface area contributed by atoms with Gasteiger partial charge < -0.3 is 10.1 Å². The lowest BCUT2D eigenvalue weighted by Gasteiger charge is -2.17. The maximum Gasteiger partial charge on any atom is 0.126 e. The van der Waals surface area contributed by atoms with Gasteiger partial charge in [0.2, 0.25) is 0 Å². The van der Waals surface area contributed by atoms with Gasteiger partial charge in [0.05, 0.1) is 17.3 Å². The summed E-state index contributed by atoms with van der Waals surface area (Å²) in [6.45, 7) is 6.91. The zero-order valence-electron chi connectivity index (χ0n) is 12.4. The van der Waals surface area contributed by atoms with Gasteiger partial charge in [-0.15, -0.1) is 0 Å². The number of likely N-dealkylation sites (tertiary alicyclic amines) is 1. The van der Waals surface area contributed by atoms with E-state index in [1.165, 1.54) is 6.42 Å². The summed E-state index contributed by atoms with van der Waals surface area (Å²) in [5, 5.41) is 4.06. The zero-order chi connectivity index (χ0) is 14.4. The van der Waals surface area contributed by atoms with E-state index < -0.39 is 0 Å². The molecule has 0 saturated carbocycles. The summed E-state index contributed by atoms with van der Waals surface area (Å²) >= 11 is 6.26. The molecule has 0 spiro atoms. The Morgan fingerprint density at radius 1 is 1.50 bits per heavy atom. The summed E-state index contributed by atoms with van der Waals surface area (Å²) in [5.41, 5.74) is 0.964. The predicted octanol–water partition coefficient (Wildman–Crippen LogP) is 3.03. The van der Waals surface area contributed by atoms with Gasteiger partial charge in [-0.1, -0.05) is 18.5 Å². The number of nitrogens with zero attached hydrogens (tertiary/aromatic N) is 2. The lowest BCUT2D eigenvalue weighted by molar-refractivity contribution is 0.152. The third kappa shape index (κ3) is 4.33. The Labute approximate surface area is 126 Å². The van der Waals surface area contributed by atoms with Crippen LogP contribution in [0.4, 0.5) is 5.82 Å². The largest absolute Gasteiger partial charge is 0.384 e. The molecule has 0 amide bonds. The zero-order valence-corrected chi connectivity index (χ0v) is 13.1. The number of ether oxygens (including phenoxy) is 1. The second kappa shape index (κ2) is 7.81. The van der Waals surface area contributed by atoms with Crippen molar-refractivity contribution in [1.82, 2.24) is 9.88 Å². The molecule has 1 atom stereocenters. The second-order valence-corrected chi connectivity index (χ2v) is 5.80. The summed E-state index contributed by atoms with van der Waals surface area (Å²) in [6.07, 6.45) is 2.28. The highest BCUT2D eigenvalue weighted by atomic mass is 35.5. The highest BCUT2D eigenvalue weighted by Crippen LogP contribution is 2.23. The molecule has 0 bridgehead atoms. The number of pyridine rings is 1. The van der Waals surface area contributed by atoms with Crippen molar-refractivity contribution >= 4 is 17.4 Å². The summed E-state index contributed by atoms with van der Waals surface area (Å²) in [5.74, 6) is 1.55. The predicted molar refractivity (Wildman–Crippen MR) is 83.3 cm³/mol. The van der Waals surface area contributed by atoms with Crippen LogP contribution in [-0.4, -0.2) is 43.2 Å². The first-order valence-electron chi connectivity index (χ1n) is 7.33. The average molecular weight is 298 g/mol. The minimum atomic E-state index is 0.639. The Morgan fingerprint density at radius 3 is 3.10 bits per heavy atom. The van der Waals surface area contributed by atoms with Crippen LogP contribution in [0.25, 0.3) is 0 Å². The molecule has 112 valence electrons. The van der Waals surface area contributed by atoms with Crippen LogP contribution in [0.15, 0.2) is 12.1 Å². The van der Waals surface area contributed by atoms with E-state index >= 15 is 0 Å². The third-order valence-corrected chi connectivity index (χ3v) is 3.96. The number of hydrogen-bond donors (Lipinski definition) is 1. The highest BCUT2D eigenvalue weighted by molar-refractivity contribution is 6.31. The van der Waals surface area contributed by atoms with E-state index in [1.807, 2.05) is 12.1 Å². The maximum absolute atomic E-state index is 6.26. The van der Waals surface area contributed by atoms with Crippen molar-refractivity contribution < 1.29 is 4.74 Å². The fourth-order valence-corrected chi connectivity index (χ4v) is 2.75. The first-order chi connectivity index (χ1) is 9.72. The van der Waals surface area contributed by atoms with Gasteiger partial charge in [-0.2, -0.15) is 0 Å². The molecule has 1 aromatic rings. The quantitative estimate of drug-likeness (QED) is 0.839. The smallest absolute Gasteiger partial charge is 0.126 e. The molecule has 20 heavy (non-hydrogen) atoms. The Hall–Kier alpha value is -0.840. The summed E-state index contributed by atoms with van der Waals surface area (Å²) in [7, 11) is 1.77. The van der Waals surface area contributed by atoms with Crippen molar-refractivity contribution in [3.63, 3.8) is 0 Å². The van der Waals surface area contributed by atoms with Gasteiger partial charge in [-0.05, 0) is 37.4 Å². The van der Waals surface area contributed by atoms with Crippen LogP contribution in [0.3, 0.4) is 0 Å². The third-order valence-electron chi connectivity index (χ3n) is 3.62. The van der Waals surface area contributed by atoms with E-state index in [0.29, 0.717) is 5.92 Å². The van der Waals surface area contributed by atoms with Gasteiger partial charge >= 0.3 is 0 Å². The van der Waals surface area contributed by atoms with Crippen LogP contribution in [0.2, 0.25) is 5.02 Å². The van der Waals surface area contributed by atoms with Crippen molar-refractivity contribution in [2.24, 2.45) is 5.92 Å². The van der Waals surface area contributed by atoms with Crippen molar-refractivity contribution in [2.45, 2.75) is 26.3 Å². The first kappa shape index (κ1) is 15.5. The molecule has 1 saturated heterocycles. The van der Waals surface area contributed by atoms with Crippen molar-refractivity contribution in [1.29, 1.82) is 0 Å². The molecular weight excluding hydrogens is 274 g/mol. The molecule has 1 aromatic heterocycles. The number of halogens is 1. The molecule has 1 N–H and O–H groups in total. The van der Waals surface area contributed by atoms with E-state index in [0.717, 1.165) is 55.7 Å². The fourth-order valence-electron chi connectivity index (χ4n) is 2.59. The van der Waals surface area contributed by atoms with E-state index in [-0.39, 0.29) is 0 Å². The molecule has 1 fully saturated rings. The molecular formula is C15H24ClN3O. The normalized spacial score (nSPS) is 19.4. The van der Waals surface area contributed by atoms with Crippen LogP contribution >= 0.6 is 11.6 Å². The number of nitrogens with one attached hydrogen (secondary N) is 1. The minimum Gasteiger partial charge on any atom is -0.384 e. The first-order valence-corrected chi connectivity index (χ1v) is 7.71. The van der Waals surface area contributed by atoms with Gasteiger partial charge in [-0.25, -0.2) is 4.98 Å². The molecule has 2 heterocycles. The molecule has 1 aliphatic heterocycles. The van der Waals surface area contributed by atoms with E-state index in [2.05, 4.69) is 22.1 Å². The second-order valence-electron chi connectivity index (χ2n) is 5.40. The number of methoxy groups -OCH3 is 1. The van der Waals surface area contributed by atoms with Crippen molar-refractivity contribution in [3.05, 3.63) is 22.8 Å². The summed E-state index contributed by atoms with van der Waals surface area (Å²) < 4.78 is 5.23. The van der Waals surface area contributed by atoms with Gasteiger partial charge in [-0.3, -0.25) is 4.90 Å². The van der Waals surface area contributed by atoms with E-state index in [1.54, 1.807) is 7.11 Å². The number of aromatic nitrogens is 1. The monoisotopic (exact) mass is 297 g/mol.